The number of benzene rings is 1. The number of rotatable bonds is 6. The monoisotopic (exact) mass is 596 g/mol. The molecule has 1 aliphatic carbocycles. The van der Waals surface area contributed by atoms with E-state index in [1.54, 1.807) is 0 Å². The van der Waals surface area contributed by atoms with Gasteiger partial charge in [-0.15, -0.1) is 0 Å². The molecule has 1 atom stereocenters. The van der Waals surface area contributed by atoms with Crippen molar-refractivity contribution in [3.05, 3.63) is 60.7 Å². The molecule has 8 heteroatoms. The first-order valence-electron chi connectivity index (χ1n) is 11.4. The summed E-state index contributed by atoms with van der Waals surface area (Å²) in [6, 6.07) is 6.25. The second-order valence-electron chi connectivity index (χ2n) is 8.96. The zero-order valence-electron chi connectivity index (χ0n) is 18.3. The van der Waals surface area contributed by atoms with E-state index in [-0.39, 0.29) is 18.2 Å². The first-order valence-corrected chi connectivity index (χ1v) is 13.4. The Morgan fingerprint density at radius 2 is 1.76 bits per heavy atom. The lowest BCUT2D eigenvalue weighted by atomic mass is 9.76. The number of hydrogen-bond donors (Lipinski definition) is 1. The molecule has 33 heavy (non-hydrogen) atoms. The van der Waals surface area contributed by atoms with E-state index >= 15 is 0 Å². The number of halogens is 3. The van der Waals surface area contributed by atoms with Crippen molar-refractivity contribution < 1.29 is 14.7 Å². The highest BCUT2D eigenvalue weighted by molar-refractivity contribution is 9.10. The number of nitrogens with zero attached hydrogens (tertiary/aromatic N) is 2. The Kier molecular flexibility index (Phi) is 8.13. The van der Waals surface area contributed by atoms with Crippen LogP contribution in [0.15, 0.2) is 33.3 Å². The van der Waals surface area contributed by atoms with E-state index in [4.69, 9.17) is 21.7 Å². The van der Waals surface area contributed by atoms with Crippen LogP contribution in [0, 0.1) is 5.92 Å². The van der Waals surface area contributed by atoms with Crippen LogP contribution in [-0.2, 0) is 22.4 Å². The van der Waals surface area contributed by atoms with Crippen LogP contribution in [-0.4, -0.2) is 40.0 Å². The third kappa shape index (κ3) is 5.80. The number of piperidine rings is 1. The number of carboxylic acid groups (broad SMARTS) is 1. The van der Waals surface area contributed by atoms with Gasteiger partial charge in [-0.2, -0.15) is 0 Å². The average Bonchev–Trinajstić information content (AvgIpc) is 2.93. The van der Waals surface area contributed by atoms with Gasteiger partial charge in [0, 0.05) is 52.0 Å². The predicted molar refractivity (Wildman–Crippen MR) is 136 cm³/mol. The van der Waals surface area contributed by atoms with Crippen LogP contribution in [0.1, 0.15) is 66.8 Å². The number of likely N-dealkylation sites (tertiary alicyclic amines) is 1. The van der Waals surface area contributed by atoms with Gasteiger partial charge < -0.3 is 10.0 Å². The number of carboxylic acids is 1. The molecule has 1 aromatic carbocycles. The lowest BCUT2D eigenvalue weighted by molar-refractivity contribution is -0.137. The molecule has 176 valence electrons. The van der Waals surface area contributed by atoms with Gasteiger partial charge >= 0.3 is 5.97 Å². The van der Waals surface area contributed by atoms with Gasteiger partial charge in [-0.1, -0.05) is 27.5 Å². The maximum Gasteiger partial charge on any atom is 0.303 e. The second-order valence-corrected chi connectivity index (χ2v) is 11.2. The zero-order chi connectivity index (χ0) is 23.5. The van der Waals surface area contributed by atoms with Gasteiger partial charge in [0.15, 0.2) is 0 Å². The van der Waals surface area contributed by atoms with Gasteiger partial charge in [0.1, 0.15) is 0 Å². The topological polar surface area (TPSA) is 70.5 Å². The number of carbonyl (C=O) groups excluding carboxylic acids is 1. The zero-order valence-corrected chi connectivity index (χ0v) is 22.3. The van der Waals surface area contributed by atoms with Crippen LogP contribution in [0.5, 0.6) is 0 Å². The summed E-state index contributed by atoms with van der Waals surface area (Å²) in [5.41, 5.74) is 4.96. The smallest absolute Gasteiger partial charge is 0.303 e. The number of aliphatic carboxylic acids is 1. The Morgan fingerprint density at radius 1 is 1.06 bits per heavy atom. The number of carbonyl (C=O) groups is 2. The van der Waals surface area contributed by atoms with Gasteiger partial charge in [0.05, 0.1) is 5.69 Å². The molecule has 0 radical (unpaired) electrons. The fourth-order valence-electron chi connectivity index (χ4n) is 5.22. The van der Waals surface area contributed by atoms with E-state index in [9.17, 15) is 9.59 Å². The molecule has 2 aromatic rings. The standard InChI is InChI=1S/C25H27Br2ClN2O3/c26-18-11-17-6-5-16-12-19(28)13-20(27)23(16)24(25(17)29-14-18)15-7-9-30(10-8-15)21(31)3-1-2-4-22(32)33/h11-15,24H,1-10H2,(H,32,33). The minimum absolute atomic E-state index is 0.123. The van der Waals surface area contributed by atoms with Gasteiger partial charge in [-0.25, -0.2) is 0 Å². The molecule has 2 aliphatic rings. The Morgan fingerprint density at radius 3 is 2.48 bits per heavy atom. The molecule has 0 bridgehead atoms. The number of aryl methyl sites for hydroxylation is 2. The van der Waals surface area contributed by atoms with Gasteiger partial charge in [-0.3, -0.25) is 14.6 Å². The maximum atomic E-state index is 12.6. The van der Waals surface area contributed by atoms with E-state index in [0.717, 1.165) is 58.4 Å². The molecule has 1 amide bonds. The molecule has 1 saturated heterocycles. The molecule has 5 nitrogen and oxygen atoms in total. The minimum atomic E-state index is -0.805. The van der Waals surface area contributed by atoms with Crippen molar-refractivity contribution >= 4 is 55.3 Å². The van der Waals surface area contributed by atoms with Crippen molar-refractivity contribution in [1.29, 1.82) is 0 Å². The largest absolute Gasteiger partial charge is 0.481 e. The van der Waals surface area contributed by atoms with Crippen molar-refractivity contribution in [2.75, 3.05) is 13.1 Å². The van der Waals surface area contributed by atoms with Crippen LogP contribution < -0.4 is 0 Å². The second kappa shape index (κ2) is 10.9. The van der Waals surface area contributed by atoms with Crippen molar-refractivity contribution in [1.82, 2.24) is 9.88 Å². The summed E-state index contributed by atoms with van der Waals surface area (Å²) < 4.78 is 2.02. The summed E-state index contributed by atoms with van der Waals surface area (Å²) >= 11 is 13.8. The normalized spacial score (nSPS) is 18.4. The predicted octanol–water partition coefficient (Wildman–Crippen LogP) is 6.37. The van der Waals surface area contributed by atoms with Crippen LogP contribution in [0.4, 0.5) is 0 Å². The van der Waals surface area contributed by atoms with Crippen molar-refractivity contribution in [3.8, 4) is 0 Å². The number of aromatic nitrogens is 1. The van der Waals surface area contributed by atoms with Crippen molar-refractivity contribution in [3.63, 3.8) is 0 Å². The van der Waals surface area contributed by atoms with E-state index in [1.165, 1.54) is 16.7 Å². The molecule has 0 saturated carbocycles. The molecule has 4 rings (SSSR count). The van der Waals surface area contributed by atoms with E-state index in [2.05, 4.69) is 44.0 Å². The highest BCUT2D eigenvalue weighted by Crippen LogP contribution is 2.46. The van der Waals surface area contributed by atoms with Crippen LogP contribution >= 0.6 is 43.5 Å². The third-order valence-corrected chi connectivity index (χ3v) is 8.12. The average molecular weight is 599 g/mol. The third-order valence-electron chi connectivity index (χ3n) is 6.81. The number of fused-ring (bicyclic) bond motifs is 2. The number of amides is 1. The van der Waals surface area contributed by atoms with Crippen LogP contribution in [0.25, 0.3) is 0 Å². The quantitative estimate of drug-likeness (QED) is 0.392. The Balaban J connectivity index is 1.53. The molecule has 1 aliphatic heterocycles. The fraction of sp³-hybridized carbons (Fsp3) is 0.480. The summed E-state index contributed by atoms with van der Waals surface area (Å²) in [6.07, 6.45) is 7.27. The van der Waals surface area contributed by atoms with Crippen LogP contribution in [0.2, 0.25) is 5.02 Å². The van der Waals surface area contributed by atoms with Crippen molar-refractivity contribution in [2.45, 2.75) is 57.3 Å². The molecule has 1 unspecified atom stereocenters. The lowest BCUT2D eigenvalue weighted by Crippen LogP contribution is -2.40. The Labute approximate surface area is 216 Å². The Hall–Kier alpha value is -1.44. The molecule has 1 N–H and O–H groups in total. The summed E-state index contributed by atoms with van der Waals surface area (Å²) in [7, 11) is 0. The molecular weight excluding hydrogens is 572 g/mol. The maximum absolute atomic E-state index is 12.6. The van der Waals surface area contributed by atoms with E-state index in [0.29, 0.717) is 25.2 Å². The van der Waals surface area contributed by atoms with E-state index in [1.807, 2.05) is 17.2 Å². The number of unbranched alkanes of at least 4 members (excludes halogenated alkanes) is 1. The summed E-state index contributed by atoms with van der Waals surface area (Å²) in [5, 5.41) is 9.51. The minimum Gasteiger partial charge on any atom is -0.481 e. The molecule has 0 spiro atoms. The van der Waals surface area contributed by atoms with Gasteiger partial charge in [-0.05, 0) is 95.3 Å². The first kappa shape index (κ1) is 24.7. The number of pyridine rings is 1. The van der Waals surface area contributed by atoms with Gasteiger partial charge in [0.2, 0.25) is 5.91 Å². The Bertz CT molecular complexity index is 1050. The molecular formula is C25H27Br2ClN2O3. The first-order chi connectivity index (χ1) is 15.8. The lowest BCUT2D eigenvalue weighted by Gasteiger charge is -2.37. The molecule has 1 aromatic heterocycles. The van der Waals surface area contributed by atoms with Crippen molar-refractivity contribution in [2.24, 2.45) is 5.92 Å². The summed E-state index contributed by atoms with van der Waals surface area (Å²) in [6.45, 7) is 1.46. The summed E-state index contributed by atoms with van der Waals surface area (Å²) in [4.78, 5) is 30.2. The van der Waals surface area contributed by atoms with Crippen LogP contribution in [0.3, 0.4) is 0 Å². The highest BCUT2D eigenvalue weighted by atomic mass is 79.9. The molecule has 1 fully saturated rings. The highest BCUT2D eigenvalue weighted by Gasteiger charge is 2.36. The number of hydrogen-bond acceptors (Lipinski definition) is 3. The molecule has 2 heterocycles. The van der Waals surface area contributed by atoms with E-state index < -0.39 is 5.97 Å². The summed E-state index contributed by atoms with van der Waals surface area (Å²) in [5.74, 6) is -0.135. The SMILES string of the molecule is O=C(O)CCCCC(=O)N1CCC(C2c3ncc(Br)cc3CCc3cc(Cl)cc(Br)c32)CC1. The van der Waals surface area contributed by atoms with Gasteiger partial charge in [0.25, 0.3) is 0 Å². The fourth-order valence-corrected chi connectivity index (χ4v) is 6.72.